The van der Waals surface area contributed by atoms with Crippen LogP contribution in [0.1, 0.15) is 11.1 Å². The van der Waals surface area contributed by atoms with E-state index in [4.69, 9.17) is 32.7 Å². The van der Waals surface area contributed by atoms with Crippen LogP contribution in [-0.4, -0.2) is 29.9 Å². The molecule has 6 nitrogen and oxygen atoms in total. The molecule has 8 heteroatoms. The van der Waals surface area contributed by atoms with Crippen LogP contribution in [0.3, 0.4) is 0 Å². The summed E-state index contributed by atoms with van der Waals surface area (Å²) in [5.41, 5.74) is 1.61. The van der Waals surface area contributed by atoms with Crippen LogP contribution in [0.15, 0.2) is 48.7 Å². The molecule has 0 saturated heterocycles. The van der Waals surface area contributed by atoms with Gasteiger partial charge in [-0.15, -0.1) is 0 Å². The first-order valence-corrected chi connectivity index (χ1v) is 9.22. The molecule has 28 heavy (non-hydrogen) atoms. The molecular formula is C20H19Cl2N3O3. The molecule has 0 fully saturated rings. The Morgan fingerprint density at radius 2 is 1.86 bits per heavy atom. The minimum absolute atomic E-state index is 0.153. The quantitative estimate of drug-likeness (QED) is 0.614. The Morgan fingerprint density at radius 1 is 1.07 bits per heavy atom. The van der Waals surface area contributed by atoms with E-state index in [0.29, 0.717) is 33.9 Å². The molecule has 1 aromatic heterocycles. The predicted octanol–water partition coefficient (Wildman–Crippen LogP) is 4.44. The summed E-state index contributed by atoms with van der Waals surface area (Å²) in [6.07, 6.45) is 1.77. The molecule has 0 unspecified atom stereocenters. The summed E-state index contributed by atoms with van der Waals surface area (Å²) < 4.78 is 12.2. The second kappa shape index (κ2) is 8.99. The third kappa shape index (κ3) is 4.77. The van der Waals surface area contributed by atoms with E-state index >= 15 is 0 Å². The first-order valence-electron chi connectivity index (χ1n) is 8.46. The Morgan fingerprint density at radius 3 is 2.57 bits per heavy atom. The Kier molecular flexibility index (Phi) is 6.44. The van der Waals surface area contributed by atoms with Gasteiger partial charge in [-0.1, -0.05) is 35.3 Å². The van der Waals surface area contributed by atoms with E-state index in [1.807, 2.05) is 12.1 Å². The van der Waals surface area contributed by atoms with Crippen LogP contribution in [0.5, 0.6) is 11.5 Å². The maximum absolute atomic E-state index is 12.5. The third-order valence-electron chi connectivity index (χ3n) is 4.16. The topological polar surface area (TPSA) is 65.4 Å². The largest absolute Gasteiger partial charge is 0.497 e. The van der Waals surface area contributed by atoms with E-state index < -0.39 is 0 Å². The molecule has 0 saturated carbocycles. The lowest BCUT2D eigenvalue weighted by atomic mass is 10.1. The van der Waals surface area contributed by atoms with Gasteiger partial charge in [0.25, 0.3) is 0 Å². The fraction of sp³-hybridized carbons (Fsp3) is 0.200. The summed E-state index contributed by atoms with van der Waals surface area (Å²) in [6, 6.07) is 12.3. The second-order valence-corrected chi connectivity index (χ2v) is 6.86. The zero-order chi connectivity index (χ0) is 20.1. The molecule has 0 aliphatic rings. The molecule has 1 amide bonds. The molecule has 1 heterocycles. The van der Waals surface area contributed by atoms with Gasteiger partial charge in [-0.25, -0.2) is 4.68 Å². The molecule has 2 aromatic carbocycles. The van der Waals surface area contributed by atoms with Crippen LogP contribution in [0.4, 0.5) is 5.82 Å². The summed E-state index contributed by atoms with van der Waals surface area (Å²) in [6.45, 7) is 0.407. The lowest BCUT2D eigenvalue weighted by Crippen LogP contribution is -2.18. The van der Waals surface area contributed by atoms with Crippen LogP contribution in [0.2, 0.25) is 10.0 Å². The zero-order valence-corrected chi connectivity index (χ0v) is 16.9. The Bertz CT molecular complexity index is 989. The van der Waals surface area contributed by atoms with E-state index in [1.54, 1.807) is 55.4 Å². The minimum atomic E-state index is -0.188. The van der Waals surface area contributed by atoms with Gasteiger partial charge in [0.2, 0.25) is 5.91 Å². The number of methoxy groups -OCH3 is 2. The number of rotatable bonds is 7. The maximum atomic E-state index is 12.5. The van der Waals surface area contributed by atoms with E-state index in [2.05, 4.69) is 10.4 Å². The summed E-state index contributed by atoms with van der Waals surface area (Å²) >= 11 is 12.2. The average Bonchev–Trinajstić information content (AvgIpc) is 3.10. The summed E-state index contributed by atoms with van der Waals surface area (Å²) in [5, 5.41) is 8.25. The highest BCUT2D eigenvalue weighted by atomic mass is 35.5. The zero-order valence-electron chi connectivity index (χ0n) is 15.4. The number of hydrogen-bond donors (Lipinski definition) is 1. The smallest absolute Gasteiger partial charge is 0.230 e. The van der Waals surface area contributed by atoms with Gasteiger partial charge < -0.3 is 14.8 Å². The summed E-state index contributed by atoms with van der Waals surface area (Å²) in [7, 11) is 3.14. The highest BCUT2D eigenvalue weighted by Crippen LogP contribution is 2.26. The molecular weight excluding hydrogens is 401 g/mol. The molecule has 1 N–H and O–H groups in total. The first-order chi connectivity index (χ1) is 13.5. The van der Waals surface area contributed by atoms with E-state index in [0.717, 1.165) is 11.1 Å². The van der Waals surface area contributed by atoms with Crippen molar-refractivity contribution in [3.05, 3.63) is 69.8 Å². The molecule has 0 aliphatic heterocycles. The molecule has 0 radical (unpaired) electrons. The Hall–Kier alpha value is -2.70. The predicted molar refractivity (Wildman–Crippen MR) is 110 cm³/mol. The van der Waals surface area contributed by atoms with Crippen LogP contribution >= 0.6 is 23.2 Å². The van der Waals surface area contributed by atoms with E-state index in [9.17, 15) is 4.79 Å². The SMILES string of the molecule is COc1ccc(CC(=O)Nc2ccnn2Cc2ccc(Cl)cc2Cl)c(OC)c1. The van der Waals surface area contributed by atoms with Crippen molar-refractivity contribution in [3.63, 3.8) is 0 Å². The number of anilines is 1. The molecule has 0 aliphatic carbocycles. The number of halogens is 2. The number of ether oxygens (including phenoxy) is 2. The summed E-state index contributed by atoms with van der Waals surface area (Å²) in [4.78, 5) is 12.5. The van der Waals surface area contributed by atoms with Crippen molar-refractivity contribution in [2.45, 2.75) is 13.0 Å². The van der Waals surface area contributed by atoms with Crippen LogP contribution < -0.4 is 14.8 Å². The monoisotopic (exact) mass is 419 g/mol. The average molecular weight is 420 g/mol. The first kappa shape index (κ1) is 20.0. The molecule has 0 atom stereocenters. The van der Waals surface area contributed by atoms with Gasteiger partial charge in [0, 0.05) is 27.7 Å². The number of aromatic nitrogens is 2. The van der Waals surface area contributed by atoms with Crippen LogP contribution in [-0.2, 0) is 17.8 Å². The second-order valence-electron chi connectivity index (χ2n) is 6.01. The molecule has 0 bridgehead atoms. The lowest BCUT2D eigenvalue weighted by molar-refractivity contribution is -0.115. The van der Waals surface area contributed by atoms with E-state index in [1.165, 1.54) is 0 Å². The van der Waals surface area contributed by atoms with Crippen molar-refractivity contribution in [1.29, 1.82) is 0 Å². The van der Waals surface area contributed by atoms with Crippen molar-refractivity contribution in [2.75, 3.05) is 19.5 Å². The van der Waals surface area contributed by atoms with Crippen molar-refractivity contribution in [1.82, 2.24) is 9.78 Å². The molecule has 3 rings (SSSR count). The van der Waals surface area contributed by atoms with Crippen molar-refractivity contribution in [2.24, 2.45) is 0 Å². The van der Waals surface area contributed by atoms with Crippen LogP contribution in [0, 0.1) is 0 Å². The van der Waals surface area contributed by atoms with Crippen molar-refractivity contribution in [3.8, 4) is 11.5 Å². The number of benzene rings is 2. The minimum Gasteiger partial charge on any atom is -0.497 e. The normalized spacial score (nSPS) is 10.6. The molecule has 0 spiro atoms. The third-order valence-corrected chi connectivity index (χ3v) is 4.75. The standard InChI is InChI=1S/C20H19Cl2N3O3/c1-27-16-6-4-13(18(11-16)28-2)9-20(26)24-19-7-8-23-25(19)12-14-3-5-15(21)10-17(14)22/h3-8,10-11H,9,12H2,1-2H3,(H,24,26). The number of hydrogen-bond acceptors (Lipinski definition) is 4. The van der Waals surface area contributed by atoms with Gasteiger partial charge in [-0.05, 0) is 23.8 Å². The van der Waals surface area contributed by atoms with Gasteiger partial charge in [0.15, 0.2) is 0 Å². The van der Waals surface area contributed by atoms with Crippen molar-refractivity contribution < 1.29 is 14.3 Å². The Labute approximate surface area is 173 Å². The number of amides is 1. The fourth-order valence-corrected chi connectivity index (χ4v) is 3.20. The van der Waals surface area contributed by atoms with Crippen LogP contribution in [0.25, 0.3) is 0 Å². The van der Waals surface area contributed by atoms with Gasteiger partial charge in [-0.2, -0.15) is 5.10 Å². The highest BCUT2D eigenvalue weighted by molar-refractivity contribution is 6.35. The van der Waals surface area contributed by atoms with Crippen molar-refractivity contribution >= 4 is 34.9 Å². The molecule has 146 valence electrons. The van der Waals surface area contributed by atoms with Gasteiger partial charge >= 0.3 is 0 Å². The number of carbonyl (C=O) groups is 1. The van der Waals surface area contributed by atoms with E-state index in [-0.39, 0.29) is 12.3 Å². The van der Waals surface area contributed by atoms with Gasteiger partial charge in [-0.3, -0.25) is 4.79 Å². The lowest BCUT2D eigenvalue weighted by Gasteiger charge is -2.12. The number of nitrogens with one attached hydrogen (secondary N) is 1. The van der Waals surface area contributed by atoms with Gasteiger partial charge in [0.05, 0.1) is 33.4 Å². The summed E-state index contributed by atoms with van der Waals surface area (Å²) in [5.74, 6) is 1.64. The maximum Gasteiger partial charge on any atom is 0.230 e. The van der Waals surface area contributed by atoms with Gasteiger partial charge in [0.1, 0.15) is 17.3 Å². The number of nitrogens with zero attached hydrogens (tertiary/aromatic N) is 2. The Balaban J connectivity index is 1.71. The highest BCUT2D eigenvalue weighted by Gasteiger charge is 2.13. The molecule has 3 aromatic rings. The fourth-order valence-electron chi connectivity index (χ4n) is 2.73. The number of carbonyl (C=O) groups excluding carboxylic acids is 1.